The van der Waals surface area contributed by atoms with Gasteiger partial charge in [-0.3, -0.25) is 24.5 Å². The Morgan fingerprint density at radius 3 is 2.49 bits per heavy atom. The number of carbonyl (C=O) groups excluding carboxylic acids is 3. The van der Waals surface area contributed by atoms with Gasteiger partial charge in [0.2, 0.25) is 5.91 Å². The van der Waals surface area contributed by atoms with Crippen LogP contribution in [0.2, 0.25) is 5.02 Å². The Bertz CT molecular complexity index is 1410. The number of nitrogens with zero attached hydrogens (tertiary/aromatic N) is 3. The number of rotatable bonds is 6. The van der Waals surface area contributed by atoms with Crippen LogP contribution >= 0.6 is 11.6 Å². The van der Waals surface area contributed by atoms with Crippen molar-refractivity contribution in [3.63, 3.8) is 0 Å². The lowest BCUT2D eigenvalue weighted by Gasteiger charge is -2.29. The summed E-state index contributed by atoms with van der Waals surface area (Å²) in [7, 11) is 0. The van der Waals surface area contributed by atoms with Crippen molar-refractivity contribution in [3.05, 3.63) is 99.1 Å². The van der Waals surface area contributed by atoms with E-state index >= 15 is 0 Å². The van der Waals surface area contributed by atoms with E-state index in [-0.39, 0.29) is 23.5 Å². The number of fused-ring (bicyclic) bond motifs is 1. The van der Waals surface area contributed by atoms with Crippen LogP contribution in [0.5, 0.6) is 0 Å². The summed E-state index contributed by atoms with van der Waals surface area (Å²) in [4.78, 5) is 57.9. The molecule has 0 spiro atoms. The van der Waals surface area contributed by atoms with E-state index in [0.717, 1.165) is 4.90 Å². The Labute approximate surface area is 216 Å². The van der Waals surface area contributed by atoms with Crippen LogP contribution < -0.4 is 9.96 Å². The molecule has 2 fully saturated rings. The second kappa shape index (κ2) is 9.64. The molecular weight excluding hydrogens is 502 g/mol. The number of ether oxygens (including phenoxy) is 1. The minimum Gasteiger partial charge on any atom is -0.462 e. The zero-order valence-corrected chi connectivity index (χ0v) is 20.2. The summed E-state index contributed by atoms with van der Waals surface area (Å²) in [5, 5.41) is 13.4. The van der Waals surface area contributed by atoms with E-state index in [1.165, 1.54) is 35.4 Å². The number of carbonyl (C=O) groups is 3. The molecule has 37 heavy (non-hydrogen) atoms. The maximum Gasteiger partial charge on any atom is 0.340 e. The Kier molecular flexibility index (Phi) is 6.36. The number of imide groups is 1. The molecule has 0 radical (unpaired) electrons. The average molecular weight is 522 g/mol. The van der Waals surface area contributed by atoms with Crippen LogP contribution in [0.1, 0.15) is 28.9 Å². The topological polar surface area (TPSA) is 119 Å². The van der Waals surface area contributed by atoms with Crippen LogP contribution in [0.15, 0.2) is 72.8 Å². The first-order chi connectivity index (χ1) is 17.8. The Hall–Kier alpha value is -4.28. The van der Waals surface area contributed by atoms with Gasteiger partial charge in [-0.05, 0) is 48.9 Å². The molecule has 2 heterocycles. The number of hydroxylamine groups is 1. The van der Waals surface area contributed by atoms with E-state index in [9.17, 15) is 24.5 Å². The fraction of sp³-hybridized carbons (Fsp3) is 0.192. The SMILES string of the molecule is CCOC(=O)c1ccccc1N1C(=O)C2ON(c3ccc(Cl)cc3)C(c3cccc([N+](=O)[O-])c3)C2C1=O. The molecule has 188 valence electrons. The highest BCUT2D eigenvalue weighted by molar-refractivity contribution is 6.30. The number of nitro groups is 1. The first-order valence-electron chi connectivity index (χ1n) is 11.4. The van der Waals surface area contributed by atoms with Crippen molar-refractivity contribution in [2.75, 3.05) is 16.6 Å². The number of non-ortho nitro benzene ring substituents is 1. The molecule has 2 saturated heterocycles. The molecule has 3 atom stereocenters. The molecular formula is C26H20ClN3O7. The predicted octanol–water partition coefficient (Wildman–Crippen LogP) is 4.48. The summed E-state index contributed by atoms with van der Waals surface area (Å²) in [6.45, 7) is 1.77. The van der Waals surface area contributed by atoms with Crippen LogP contribution in [-0.2, 0) is 19.2 Å². The number of hydrogen-bond acceptors (Lipinski definition) is 8. The maximum atomic E-state index is 13.9. The highest BCUT2D eigenvalue weighted by Gasteiger charge is 2.60. The number of benzene rings is 3. The fourth-order valence-corrected chi connectivity index (χ4v) is 4.80. The molecule has 0 aliphatic carbocycles. The molecule has 5 rings (SSSR count). The van der Waals surface area contributed by atoms with Crippen molar-refractivity contribution in [3.8, 4) is 0 Å². The number of hydrogen-bond donors (Lipinski definition) is 0. The van der Waals surface area contributed by atoms with E-state index in [1.807, 2.05) is 0 Å². The minimum atomic E-state index is -1.22. The first kappa shape index (κ1) is 24.4. The second-order valence-electron chi connectivity index (χ2n) is 8.40. The van der Waals surface area contributed by atoms with Crippen molar-refractivity contribution in [2.45, 2.75) is 19.1 Å². The second-order valence-corrected chi connectivity index (χ2v) is 8.84. The molecule has 2 aliphatic heterocycles. The zero-order chi connectivity index (χ0) is 26.3. The summed E-state index contributed by atoms with van der Waals surface area (Å²) in [6, 6.07) is 17.7. The van der Waals surface area contributed by atoms with Crippen LogP contribution in [0.3, 0.4) is 0 Å². The van der Waals surface area contributed by atoms with Gasteiger partial charge < -0.3 is 4.74 Å². The quantitative estimate of drug-likeness (QED) is 0.202. The van der Waals surface area contributed by atoms with Crippen molar-refractivity contribution >= 4 is 46.4 Å². The van der Waals surface area contributed by atoms with Gasteiger partial charge in [-0.2, -0.15) is 0 Å². The molecule has 0 saturated carbocycles. The van der Waals surface area contributed by atoms with Crippen molar-refractivity contribution in [1.82, 2.24) is 0 Å². The van der Waals surface area contributed by atoms with Crippen LogP contribution in [0.25, 0.3) is 0 Å². The molecule has 2 aliphatic rings. The van der Waals surface area contributed by atoms with Crippen LogP contribution in [0, 0.1) is 16.0 Å². The molecule has 0 aromatic heterocycles. The summed E-state index contributed by atoms with van der Waals surface area (Å²) >= 11 is 6.03. The Morgan fingerprint density at radius 2 is 1.78 bits per heavy atom. The number of amides is 2. The highest BCUT2D eigenvalue weighted by atomic mass is 35.5. The number of nitro benzene ring substituents is 1. The monoisotopic (exact) mass is 521 g/mol. The molecule has 2 amide bonds. The van der Waals surface area contributed by atoms with Gasteiger partial charge in [-0.25, -0.2) is 14.8 Å². The lowest BCUT2D eigenvalue weighted by molar-refractivity contribution is -0.384. The lowest BCUT2D eigenvalue weighted by atomic mass is 9.90. The van der Waals surface area contributed by atoms with Crippen molar-refractivity contribution in [2.24, 2.45) is 5.92 Å². The third-order valence-electron chi connectivity index (χ3n) is 6.26. The smallest absolute Gasteiger partial charge is 0.340 e. The van der Waals surface area contributed by atoms with Gasteiger partial charge in [-0.1, -0.05) is 35.9 Å². The molecule has 3 aromatic carbocycles. The summed E-state index contributed by atoms with van der Waals surface area (Å²) < 4.78 is 5.10. The molecule has 10 nitrogen and oxygen atoms in total. The predicted molar refractivity (Wildman–Crippen MR) is 133 cm³/mol. The average Bonchev–Trinajstić information content (AvgIpc) is 3.40. The van der Waals surface area contributed by atoms with Crippen LogP contribution in [0.4, 0.5) is 17.1 Å². The van der Waals surface area contributed by atoms with Gasteiger partial charge in [-0.15, -0.1) is 0 Å². The standard InChI is InChI=1S/C26H20ClN3O7/c1-2-36-26(33)19-8-3-4-9-20(19)28-24(31)21-22(15-6-5-7-18(14-15)30(34)35)29(37-23(21)25(28)32)17-12-10-16(27)11-13-17/h3-14,21-23H,2H2,1H3. The van der Waals surface area contributed by atoms with Gasteiger partial charge in [0, 0.05) is 17.2 Å². The van der Waals surface area contributed by atoms with Gasteiger partial charge in [0.15, 0.2) is 6.10 Å². The minimum absolute atomic E-state index is 0.0625. The summed E-state index contributed by atoms with van der Waals surface area (Å²) in [6.07, 6.45) is -1.22. The number of halogens is 1. The third-order valence-corrected chi connectivity index (χ3v) is 6.51. The van der Waals surface area contributed by atoms with Gasteiger partial charge in [0.1, 0.15) is 5.92 Å². The van der Waals surface area contributed by atoms with E-state index in [4.69, 9.17) is 21.2 Å². The normalized spacial score (nSPS) is 20.8. The zero-order valence-electron chi connectivity index (χ0n) is 19.4. The number of esters is 1. The largest absolute Gasteiger partial charge is 0.462 e. The maximum absolute atomic E-state index is 13.9. The molecule has 3 unspecified atom stereocenters. The number of para-hydroxylation sites is 1. The highest BCUT2D eigenvalue weighted by Crippen LogP contribution is 2.48. The summed E-state index contributed by atoms with van der Waals surface area (Å²) in [5.74, 6) is -2.96. The Balaban J connectivity index is 1.60. The summed E-state index contributed by atoms with van der Waals surface area (Å²) in [5.41, 5.74) is 0.906. The lowest BCUT2D eigenvalue weighted by Crippen LogP contribution is -2.38. The van der Waals surface area contributed by atoms with Gasteiger partial charge in [0.05, 0.1) is 34.5 Å². The van der Waals surface area contributed by atoms with Crippen molar-refractivity contribution in [1.29, 1.82) is 0 Å². The van der Waals surface area contributed by atoms with E-state index in [2.05, 4.69) is 0 Å². The molecule has 3 aromatic rings. The molecule has 0 bridgehead atoms. The fourth-order valence-electron chi connectivity index (χ4n) is 4.68. The molecule has 11 heteroatoms. The van der Waals surface area contributed by atoms with Gasteiger partial charge in [0.25, 0.3) is 11.6 Å². The first-order valence-corrected chi connectivity index (χ1v) is 11.8. The Morgan fingerprint density at radius 1 is 1.05 bits per heavy atom. The van der Waals surface area contributed by atoms with Gasteiger partial charge >= 0.3 is 5.97 Å². The molecule has 0 N–H and O–H groups in total. The third kappa shape index (κ3) is 4.20. The number of anilines is 2. The van der Waals surface area contributed by atoms with E-state index in [1.54, 1.807) is 49.4 Å². The van der Waals surface area contributed by atoms with Crippen LogP contribution in [-0.4, -0.2) is 35.4 Å². The van der Waals surface area contributed by atoms with Crippen molar-refractivity contribution < 1.29 is 28.9 Å². The van der Waals surface area contributed by atoms with E-state index in [0.29, 0.717) is 16.3 Å². The van der Waals surface area contributed by atoms with E-state index < -0.39 is 40.8 Å².